The van der Waals surface area contributed by atoms with Gasteiger partial charge in [0.1, 0.15) is 0 Å². The van der Waals surface area contributed by atoms with Gasteiger partial charge in [0.25, 0.3) is 5.56 Å². The van der Waals surface area contributed by atoms with E-state index in [-0.39, 0.29) is 17.2 Å². The zero-order valence-corrected chi connectivity index (χ0v) is 12.2. The number of hydrogen-bond donors (Lipinski definition) is 2. The number of rotatable bonds is 4. The van der Waals surface area contributed by atoms with Crippen LogP contribution in [-0.4, -0.2) is 21.6 Å². The number of aryl methyl sites for hydroxylation is 1. The van der Waals surface area contributed by atoms with Gasteiger partial charge in [-0.3, -0.25) is 9.59 Å². The molecular weight excluding hydrogens is 286 g/mol. The maximum Gasteiger partial charge on any atom is 0.254 e. The van der Waals surface area contributed by atoms with Gasteiger partial charge in [-0.1, -0.05) is 30.0 Å². The largest absolute Gasteiger partial charge is 0.325 e. The first-order valence-electron chi connectivity index (χ1n) is 6.82. The molecule has 1 aromatic carbocycles. The fourth-order valence-electron chi connectivity index (χ4n) is 2.34. The van der Waals surface area contributed by atoms with Gasteiger partial charge < -0.3 is 10.3 Å². The van der Waals surface area contributed by atoms with E-state index in [0.29, 0.717) is 5.16 Å². The first kappa shape index (κ1) is 13.9. The van der Waals surface area contributed by atoms with Crippen molar-refractivity contribution in [2.45, 2.75) is 24.4 Å². The molecule has 5 nitrogen and oxygen atoms in total. The highest BCUT2D eigenvalue weighted by molar-refractivity contribution is 7.99. The number of hydrogen-bond acceptors (Lipinski definition) is 4. The molecule has 1 aromatic heterocycles. The van der Waals surface area contributed by atoms with Crippen LogP contribution in [0.5, 0.6) is 0 Å². The topological polar surface area (TPSA) is 74.8 Å². The second-order valence-corrected chi connectivity index (χ2v) is 5.82. The summed E-state index contributed by atoms with van der Waals surface area (Å²) in [4.78, 5) is 30.9. The van der Waals surface area contributed by atoms with E-state index >= 15 is 0 Å². The van der Waals surface area contributed by atoms with Gasteiger partial charge in [0.05, 0.1) is 11.4 Å². The van der Waals surface area contributed by atoms with E-state index < -0.39 is 0 Å². The third-order valence-electron chi connectivity index (χ3n) is 3.32. The van der Waals surface area contributed by atoms with Crippen molar-refractivity contribution in [1.82, 2.24) is 9.97 Å². The lowest BCUT2D eigenvalue weighted by atomic mass is 10.3. The van der Waals surface area contributed by atoms with E-state index in [0.717, 1.165) is 36.2 Å². The zero-order valence-electron chi connectivity index (χ0n) is 11.4. The van der Waals surface area contributed by atoms with E-state index in [9.17, 15) is 9.59 Å². The van der Waals surface area contributed by atoms with Gasteiger partial charge in [-0.25, -0.2) is 4.98 Å². The highest BCUT2D eigenvalue weighted by Crippen LogP contribution is 2.19. The molecule has 1 aliphatic carbocycles. The van der Waals surface area contributed by atoms with Crippen LogP contribution in [0.3, 0.4) is 0 Å². The summed E-state index contributed by atoms with van der Waals surface area (Å²) in [7, 11) is 0. The van der Waals surface area contributed by atoms with Crippen LogP contribution in [-0.2, 0) is 17.6 Å². The molecule has 0 atom stereocenters. The second kappa shape index (κ2) is 6.13. The van der Waals surface area contributed by atoms with Crippen molar-refractivity contribution in [3.05, 3.63) is 51.9 Å². The quantitative estimate of drug-likeness (QED) is 0.669. The molecule has 2 aromatic rings. The van der Waals surface area contributed by atoms with Crippen LogP contribution in [0.2, 0.25) is 0 Å². The Morgan fingerprint density at radius 2 is 2.10 bits per heavy atom. The number of para-hydroxylation sites is 1. The van der Waals surface area contributed by atoms with Crippen molar-refractivity contribution in [3.8, 4) is 0 Å². The lowest BCUT2D eigenvalue weighted by molar-refractivity contribution is -0.113. The summed E-state index contributed by atoms with van der Waals surface area (Å²) in [6.45, 7) is 0. The number of aromatic amines is 1. The molecule has 21 heavy (non-hydrogen) atoms. The number of amides is 1. The molecule has 0 saturated carbocycles. The smallest absolute Gasteiger partial charge is 0.254 e. The molecule has 0 unspecified atom stereocenters. The van der Waals surface area contributed by atoms with Crippen LogP contribution in [0.25, 0.3) is 0 Å². The summed E-state index contributed by atoms with van der Waals surface area (Å²) < 4.78 is 0. The van der Waals surface area contributed by atoms with Crippen LogP contribution in [0, 0.1) is 0 Å². The third-order valence-corrected chi connectivity index (χ3v) is 4.19. The van der Waals surface area contributed by atoms with Gasteiger partial charge in [-0.2, -0.15) is 0 Å². The highest BCUT2D eigenvalue weighted by atomic mass is 32.2. The number of nitrogens with zero attached hydrogens (tertiary/aromatic N) is 1. The Morgan fingerprint density at radius 3 is 2.90 bits per heavy atom. The van der Waals surface area contributed by atoms with Crippen LogP contribution in [0.4, 0.5) is 5.69 Å². The number of benzene rings is 1. The Hall–Kier alpha value is -2.08. The molecule has 0 bridgehead atoms. The Kier molecular flexibility index (Phi) is 4.06. The number of H-pyrrole nitrogens is 1. The van der Waals surface area contributed by atoms with E-state index in [1.165, 1.54) is 11.8 Å². The van der Waals surface area contributed by atoms with Gasteiger partial charge in [0.15, 0.2) is 5.16 Å². The highest BCUT2D eigenvalue weighted by Gasteiger charge is 2.17. The van der Waals surface area contributed by atoms with Crippen molar-refractivity contribution in [2.24, 2.45) is 0 Å². The van der Waals surface area contributed by atoms with Crippen molar-refractivity contribution < 1.29 is 4.79 Å². The summed E-state index contributed by atoms with van der Waals surface area (Å²) in [5.74, 6) is 0.103. The summed E-state index contributed by atoms with van der Waals surface area (Å²) in [6.07, 6.45) is 2.63. The SMILES string of the molecule is O=C(CSc1nc2c(c(=O)[nH]1)CCC2)Nc1ccccc1. The summed E-state index contributed by atoms with van der Waals surface area (Å²) >= 11 is 1.25. The van der Waals surface area contributed by atoms with E-state index in [4.69, 9.17) is 0 Å². The van der Waals surface area contributed by atoms with Gasteiger partial charge in [0, 0.05) is 11.3 Å². The van der Waals surface area contributed by atoms with Gasteiger partial charge in [-0.05, 0) is 31.4 Å². The average Bonchev–Trinajstić information content (AvgIpc) is 2.95. The molecule has 0 fully saturated rings. The average molecular weight is 301 g/mol. The van der Waals surface area contributed by atoms with Crippen LogP contribution in [0.15, 0.2) is 40.3 Å². The maximum absolute atomic E-state index is 11.9. The second-order valence-electron chi connectivity index (χ2n) is 4.85. The summed E-state index contributed by atoms with van der Waals surface area (Å²) in [5, 5.41) is 3.32. The van der Waals surface area contributed by atoms with Gasteiger partial charge in [-0.15, -0.1) is 0 Å². The molecule has 3 rings (SSSR count). The summed E-state index contributed by atoms with van der Waals surface area (Å²) in [5.41, 5.74) is 2.37. The van der Waals surface area contributed by atoms with E-state index in [1.807, 2.05) is 30.3 Å². The minimum Gasteiger partial charge on any atom is -0.325 e. The monoisotopic (exact) mass is 301 g/mol. The first-order valence-corrected chi connectivity index (χ1v) is 7.81. The predicted molar refractivity (Wildman–Crippen MR) is 82.7 cm³/mol. The number of carbonyl (C=O) groups excluding carboxylic acids is 1. The minimum atomic E-state index is -0.116. The number of nitrogens with one attached hydrogen (secondary N) is 2. The molecule has 108 valence electrons. The standard InChI is InChI=1S/C15H15N3O2S/c19-13(16-10-5-2-1-3-6-10)9-21-15-17-12-8-4-7-11(12)14(20)18-15/h1-3,5-6H,4,7-9H2,(H,16,19)(H,17,18,20). The number of anilines is 1. The Labute approximate surface area is 126 Å². The molecule has 1 heterocycles. The fraction of sp³-hybridized carbons (Fsp3) is 0.267. The van der Waals surface area contributed by atoms with Crippen molar-refractivity contribution in [3.63, 3.8) is 0 Å². The van der Waals surface area contributed by atoms with Crippen LogP contribution in [0.1, 0.15) is 17.7 Å². The lowest BCUT2D eigenvalue weighted by Gasteiger charge is -2.05. The molecule has 1 amide bonds. The molecule has 0 aliphatic heterocycles. The minimum absolute atomic E-state index is 0.0662. The molecular formula is C15H15N3O2S. The van der Waals surface area contributed by atoms with E-state index in [1.54, 1.807) is 0 Å². The zero-order chi connectivity index (χ0) is 14.7. The number of fused-ring (bicyclic) bond motifs is 1. The maximum atomic E-state index is 11.9. The lowest BCUT2D eigenvalue weighted by Crippen LogP contribution is -2.17. The molecule has 1 aliphatic rings. The number of thioether (sulfide) groups is 1. The normalized spacial score (nSPS) is 13.0. The fourth-order valence-corrected chi connectivity index (χ4v) is 3.02. The van der Waals surface area contributed by atoms with Gasteiger partial charge in [0.2, 0.25) is 5.91 Å². The Balaban J connectivity index is 1.62. The molecule has 0 spiro atoms. The molecule has 0 radical (unpaired) electrons. The third kappa shape index (κ3) is 3.33. The number of aromatic nitrogens is 2. The van der Waals surface area contributed by atoms with Crippen molar-refractivity contribution in [1.29, 1.82) is 0 Å². The number of carbonyl (C=O) groups is 1. The van der Waals surface area contributed by atoms with Crippen LogP contribution < -0.4 is 10.9 Å². The molecule has 2 N–H and O–H groups in total. The first-order chi connectivity index (χ1) is 10.2. The predicted octanol–water partition coefficient (Wildman–Crippen LogP) is 1.99. The Bertz CT molecular complexity index is 713. The van der Waals surface area contributed by atoms with E-state index in [2.05, 4.69) is 15.3 Å². The van der Waals surface area contributed by atoms with Crippen LogP contribution >= 0.6 is 11.8 Å². The Morgan fingerprint density at radius 1 is 1.29 bits per heavy atom. The molecule has 0 saturated heterocycles. The van der Waals surface area contributed by atoms with Crippen molar-refractivity contribution in [2.75, 3.05) is 11.1 Å². The summed E-state index contributed by atoms with van der Waals surface area (Å²) in [6, 6.07) is 9.28. The molecule has 6 heteroatoms. The van der Waals surface area contributed by atoms with Crippen molar-refractivity contribution >= 4 is 23.4 Å². The van der Waals surface area contributed by atoms with Gasteiger partial charge >= 0.3 is 0 Å².